The molecule has 3 heterocycles. The van der Waals surface area contributed by atoms with Crippen LogP contribution in [0.3, 0.4) is 0 Å². The molecule has 0 saturated heterocycles. The number of fused-ring (bicyclic) bond motifs is 1. The van der Waals surface area contributed by atoms with E-state index in [1.54, 1.807) is 6.20 Å². The van der Waals surface area contributed by atoms with E-state index in [1.165, 1.54) is 0 Å². The quantitative estimate of drug-likeness (QED) is 0.557. The van der Waals surface area contributed by atoms with Crippen LogP contribution in [0.4, 0.5) is 22.9 Å². The number of hydrogen-bond donors (Lipinski definition) is 2. The molecule has 7 heteroatoms. The summed E-state index contributed by atoms with van der Waals surface area (Å²) in [5.74, 6) is 0.512. The Balaban J connectivity index is 1.44. The van der Waals surface area contributed by atoms with Gasteiger partial charge in [0.1, 0.15) is 0 Å². The van der Waals surface area contributed by atoms with Gasteiger partial charge in [-0.25, -0.2) is 0 Å². The number of nitrogens with zero attached hydrogens (tertiary/aromatic N) is 4. The van der Waals surface area contributed by atoms with E-state index in [9.17, 15) is 4.79 Å². The molecule has 0 atom stereocenters. The number of amides is 1. The minimum Gasteiger partial charge on any atom is -0.376 e. The topological polar surface area (TPSA) is 74.6 Å². The zero-order chi connectivity index (χ0) is 19.5. The highest BCUT2D eigenvalue weighted by molar-refractivity contribution is 6.05. The fourth-order valence-electron chi connectivity index (χ4n) is 2.83. The molecule has 0 radical (unpaired) electrons. The zero-order valence-electron chi connectivity index (χ0n) is 15.6. The maximum absolute atomic E-state index is 12.5. The molecular formula is C21H20N6O. The van der Waals surface area contributed by atoms with Crippen molar-refractivity contribution in [3.63, 3.8) is 0 Å². The number of carbonyl (C=O) groups excluding carboxylic acids is 1. The van der Waals surface area contributed by atoms with Gasteiger partial charge in [-0.15, -0.1) is 5.10 Å². The molecule has 140 valence electrons. The summed E-state index contributed by atoms with van der Waals surface area (Å²) in [4.78, 5) is 14.5. The van der Waals surface area contributed by atoms with Gasteiger partial charge in [0.15, 0.2) is 5.82 Å². The summed E-state index contributed by atoms with van der Waals surface area (Å²) < 4.78 is 1.92. The minimum atomic E-state index is -0.144. The number of carbonyl (C=O) groups is 1. The van der Waals surface area contributed by atoms with E-state index in [0.717, 1.165) is 22.6 Å². The molecule has 2 N–H and O–H groups in total. The molecule has 0 aliphatic rings. The Morgan fingerprint density at radius 2 is 1.82 bits per heavy atom. The Morgan fingerprint density at radius 1 is 1.04 bits per heavy atom. The predicted molar refractivity (Wildman–Crippen MR) is 111 cm³/mol. The van der Waals surface area contributed by atoms with Crippen LogP contribution in [0.1, 0.15) is 10.4 Å². The third-order valence-corrected chi connectivity index (χ3v) is 4.34. The minimum absolute atomic E-state index is 0.144. The summed E-state index contributed by atoms with van der Waals surface area (Å²) in [6, 6.07) is 17.1. The highest BCUT2D eigenvalue weighted by atomic mass is 16.1. The summed E-state index contributed by atoms with van der Waals surface area (Å²) in [5.41, 5.74) is 4.13. The third-order valence-electron chi connectivity index (χ3n) is 4.34. The van der Waals surface area contributed by atoms with E-state index in [4.69, 9.17) is 0 Å². The first-order chi connectivity index (χ1) is 13.6. The van der Waals surface area contributed by atoms with Crippen molar-refractivity contribution in [2.24, 2.45) is 0 Å². The van der Waals surface area contributed by atoms with Gasteiger partial charge in [-0.3, -0.25) is 4.79 Å². The van der Waals surface area contributed by atoms with Crippen molar-refractivity contribution >= 4 is 34.3 Å². The van der Waals surface area contributed by atoms with E-state index in [-0.39, 0.29) is 5.91 Å². The van der Waals surface area contributed by atoms with Crippen molar-refractivity contribution in [1.82, 2.24) is 14.6 Å². The summed E-state index contributed by atoms with van der Waals surface area (Å²) in [7, 11) is 3.90. The van der Waals surface area contributed by atoms with E-state index >= 15 is 0 Å². The largest absolute Gasteiger partial charge is 0.376 e. The summed E-state index contributed by atoms with van der Waals surface area (Å²) >= 11 is 0. The molecule has 28 heavy (non-hydrogen) atoms. The second-order valence-electron chi connectivity index (χ2n) is 6.61. The third kappa shape index (κ3) is 3.78. The molecule has 3 aromatic heterocycles. The number of hydrogen-bond acceptors (Lipinski definition) is 5. The molecule has 0 aliphatic heterocycles. The number of anilines is 4. The van der Waals surface area contributed by atoms with Gasteiger partial charge >= 0.3 is 0 Å². The lowest BCUT2D eigenvalue weighted by Gasteiger charge is -2.13. The van der Waals surface area contributed by atoms with Crippen LogP contribution in [-0.2, 0) is 0 Å². The highest BCUT2D eigenvalue weighted by Crippen LogP contribution is 2.20. The molecule has 7 nitrogen and oxygen atoms in total. The SMILES string of the molecule is CN(C)c1cnnc(Nc2ccc(NC(=O)c3cc4ccccn4c3)cc2)c1. The van der Waals surface area contributed by atoms with Crippen LogP contribution in [0.15, 0.2) is 73.2 Å². The van der Waals surface area contributed by atoms with Crippen LogP contribution in [0.25, 0.3) is 5.52 Å². The van der Waals surface area contributed by atoms with E-state index in [1.807, 2.05) is 90.4 Å². The first kappa shape index (κ1) is 17.5. The number of pyridine rings is 1. The van der Waals surface area contributed by atoms with E-state index < -0.39 is 0 Å². The fraction of sp³-hybridized carbons (Fsp3) is 0.0952. The second kappa shape index (κ2) is 7.40. The van der Waals surface area contributed by atoms with Crippen LogP contribution in [0.5, 0.6) is 0 Å². The predicted octanol–water partition coefficient (Wildman–Crippen LogP) is 3.79. The van der Waals surface area contributed by atoms with Gasteiger partial charge < -0.3 is 19.9 Å². The Labute approximate surface area is 162 Å². The maximum atomic E-state index is 12.5. The Bertz CT molecular complexity index is 1080. The molecule has 0 bridgehead atoms. The van der Waals surface area contributed by atoms with Gasteiger partial charge in [0.05, 0.1) is 17.4 Å². The van der Waals surface area contributed by atoms with Crippen molar-refractivity contribution in [2.75, 3.05) is 29.6 Å². The lowest BCUT2D eigenvalue weighted by Crippen LogP contribution is -2.11. The Kier molecular flexibility index (Phi) is 4.63. The fourth-order valence-corrected chi connectivity index (χ4v) is 2.83. The van der Waals surface area contributed by atoms with Crippen LogP contribution in [0, 0.1) is 0 Å². The first-order valence-electron chi connectivity index (χ1n) is 8.84. The van der Waals surface area contributed by atoms with Crippen LogP contribution < -0.4 is 15.5 Å². The van der Waals surface area contributed by atoms with Crippen molar-refractivity contribution in [1.29, 1.82) is 0 Å². The lowest BCUT2D eigenvalue weighted by atomic mass is 10.2. The average molecular weight is 372 g/mol. The van der Waals surface area contributed by atoms with Crippen LogP contribution >= 0.6 is 0 Å². The van der Waals surface area contributed by atoms with Crippen molar-refractivity contribution in [3.8, 4) is 0 Å². The van der Waals surface area contributed by atoms with Crippen molar-refractivity contribution in [3.05, 3.63) is 78.8 Å². The van der Waals surface area contributed by atoms with E-state index in [0.29, 0.717) is 11.4 Å². The highest BCUT2D eigenvalue weighted by Gasteiger charge is 2.09. The average Bonchev–Trinajstić information content (AvgIpc) is 3.14. The smallest absolute Gasteiger partial charge is 0.257 e. The molecule has 4 rings (SSSR count). The molecule has 0 saturated carbocycles. The molecule has 0 unspecified atom stereocenters. The number of aromatic nitrogens is 3. The van der Waals surface area contributed by atoms with Crippen molar-refractivity contribution < 1.29 is 4.79 Å². The zero-order valence-corrected chi connectivity index (χ0v) is 15.6. The lowest BCUT2D eigenvalue weighted by molar-refractivity contribution is 0.102. The Hall–Kier alpha value is -3.87. The number of rotatable bonds is 5. The molecule has 0 aliphatic carbocycles. The van der Waals surface area contributed by atoms with Gasteiger partial charge in [-0.2, -0.15) is 5.10 Å². The Morgan fingerprint density at radius 3 is 2.57 bits per heavy atom. The molecule has 1 aromatic carbocycles. The molecule has 1 amide bonds. The number of nitrogens with one attached hydrogen (secondary N) is 2. The van der Waals surface area contributed by atoms with E-state index in [2.05, 4.69) is 20.8 Å². The summed E-state index contributed by atoms with van der Waals surface area (Å²) in [6.45, 7) is 0. The maximum Gasteiger partial charge on any atom is 0.257 e. The monoisotopic (exact) mass is 372 g/mol. The summed E-state index contributed by atoms with van der Waals surface area (Å²) in [6.07, 6.45) is 5.44. The normalized spacial score (nSPS) is 10.6. The molecule has 4 aromatic rings. The van der Waals surface area contributed by atoms with Gasteiger partial charge in [0.2, 0.25) is 0 Å². The molecule has 0 spiro atoms. The van der Waals surface area contributed by atoms with Gasteiger partial charge in [-0.1, -0.05) is 6.07 Å². The number of benzene rings is 1. The molecule has 0 fully saturated rings. The van der Waals surface area contributed by atoms with Crippen LogP contribution in [-0.4, -0.2) is 34.6 Å². The summed E-state index contributed by atoms with van der Waals surface area (Å²) in [5, 5.41) is 14.2. The van der Waals surface area contributed by atoms with Gasteiger partial charge in [-0.05, 0) is 42.5 Å². The van der Waals surface area contributed by atoms with Gasteiger partial charge in [0, 0.05) is 49.4 Å². The van der Waals surface area contributed by atoms with Crippen LogP contribution in [0.2, 0.25) is 0 Å². The second-order valence-corrected chi connectivity index (χ2v) is 6.61. The van der Waals surface area contributed by atoms with Gasteiger partial charge in [0.25, 0.3) is 5.91 Å². The first-order valence-corrected chi connectivity index (χ1v) is 8.84. The van der Waals surface area contributed by atoms with Crippen molar-refractivity contribution in [2.45, 2.75) is 0 Å². The molecular weight excluding hydrogens is 352 g/mol. The standard InChI is InChI=1S/C21H20N6O/c1-26(2)19-12-20(25-22-13-19)23-16-6-8-17(9-7-16)24-21(28)15-11-18-5-3-4-10-27(18)14-15/h3-14H,1-2H3,(H,23,25)(H,24,28).